The Morgan fingerprint density at radius 3 is 2.30 bits per heavy atom. The third kappa shape index (κ3) is 3.50. The Balaban J connectivity index is 1.61. The van der Waals surface area contributed by atoms with Crippen molar-refractivity contribution in [2.75, 3.05) is 0 Å². The van der Waals surface area contributed by atoms with E-state index < -0.39 is 39.5 Å². The Morgan fingerprint density at radius 1 is 0.967 bits per heavy atom. The normalized spacial score (nSPS) is 19.1. The van der Waals surface area contributed by atoms with Gasteiger partial charge in [-0.25, -0.2) is 8.42 Å². The van der Waals surface area contributed by atoms with Gasteiger partial charge < -0.3 is 0 Å². The molecule has 0 radical (unpaired) electrons. The number of hydrogen-bond donors (Lipinski definition) is 1. The fourth-order valence-corrected chi connectivity index (χ4v) is 5.01. The maximum absolute atomic E-state index is 12.8. The zero-order chi connectivity index (χ0) is 21.6. The first kappa shape index (κ1) is 20.2. The van der Waals surface area contributed by atoms with Crippen LogP contribution in [0.15, 0.2) is 47.4 Å². The summed E-state index contributed by atoms with van der Waals surface area (Å²) in [6.07, 6.45) is 0.0718. The van der Waals surface area contributed by atoms with Crippen LogP contribution in [0.2, 0.25) is 5.02 Å². The van der Waals surface area contributed by atoms with E-state index in [0.29, 0.717) is 10.6 Å². The van der Waals surface area contributed by atoms with Crippen LogP contribution in [0, 0.1) is 0 Å². The second-order valence-corrected chi connectivity index (χ2v) is 9.47. The van der Waals surface area contributed by atoms with Crippen LogP contribution in [0.1, 0.15) is 39.1 Å². The van der Waals surface area contributed by atoms with Gasteiger partial charge in [-0.15, -0.1) is 0 Å². The molecule has 2 heterocycles. The maximum Gasteiger partial charge on any atom is 0.262 e. The molecule has 1 atom stereocenters. The van der Waals surface area contributed by atoms with E-state index in [4.69, 9.17) is 11.6 Å². The van der Waals surface area contributed by atoms with Crippen molar-refractivity contribution in [3.63, 3.8) is 0 Å². The van der Waals surface area contributed by atoms with E-state index in [0.717, 1.165) is 4.90 Å². The molecule has 1 fully saturated rings. The summed E-state index contributed by atoms with van der Waals surface area (Å²) in [5, 5.41) is 2.53. The van der Waals surface area contributed by atoms with Crippen molar-refractivity contribution in [1.29, 1.82) is 0 Å². The highest BCUT2D eigenvalue weighted by Crippen LogP contribution is 2.29. The lowest BCUT2D eigenvalue weighted by atomic mass is 10.0. The first-order valence-corrected chi connectivity index (χ1v) is 11.0. The zero-order valence-corrected chi connectivity index (χ0v) is 17.0. The fourth-order valence-electron chi connectivity index (χ4n) is 3.55. The summed E-state index contributed by atoms with van der Waals surface area (Å²) in [4.78, 5) is 49.9. The summed E-state index contributed by atoms with van der Waals surface area (Å²) in [7, 11) is -3.70. The summed E-state index contributed by atoms with van der Waals surface area (Å²) >= 11 is 5.80. The van der Waals surface area contributed by atoms with Gasteiger partial charge in [0.1, 0.15) is 6.04 Å². The molecule has 1 unspecified atom stereocenters. The van der Waals surface area contributed by atoms with E-state index in [1.165, 1.54) is 42.5 Å². The topological polar surface area (TPSA) is 118 Å². The number of sulfone groups is 1. The summed E-state index contributed by atoms with van der Waals surface area (Å²) in [6, 6.07) is 8.86. The summed E-state index contributed by atoms with van der Waals surface area (Å²) in [5.41, 5.74) is 0.459. The summed E-state index contributed by atoms with van der Waals surface area (Å²) in [6.45, 7) is 0. The van der Waals surface area contributed by atoms with Crippen LogP contribution in [-0.2, 0) is 25.2 Å². The molecule has 2 aromatic carbocycles. The fraction of sp³-hybridized carbons (Fsp3) is 0.200. The molecule has 1 N–H and O–H groups in total. The maximum atomic E-state index is 12.8. The van der Waals surface area contributed by atoms with Crippen LogP contribution < -0.4 is 5.32 Å². The van der Waals surface area contributed by atoms with Crippen LogP contribution in [0.25, 0.3) is 0 Å². The lowest BCUT2D eigenvalue weighted by Crippen LogP contribution is -2.54. The monoisotopic (exact) mass is 446 g/mol. The van der Waals surface area contributed by atoms with Crippen molar-refractivity contribution in [3.05, 3.63) is 64.2 Å². The number of halogens is 1. The van der Waals surface area contributed by atoms with Gasteiger partial charge in [-0.2, -0.15) is 0 Å². The predicted molar refractivity (Wildman–Crippen MR) is 105 cm³/mol. The predicted octanol–water partition coefficient (Wildman–Crippen LogP) is 1.72. The average molecular weight is 447 g/mol. The minimum absolute atomic E-state index is 0.0222. The standard InChI is InChI=1S/C20H15ClN2O6S/c21-12-2-4-13(5-3-12)30(28,29)10-11-1-6-14-15(9-11)20(27)23(19(14)26)16-7-8-17(24)22-18(16)25/h1-6,9,16H,7-8,10H2,(H,22,24,25). The van der Waals surface area contributed by atoms with E-state index in [9.17, 15) is 27.6 Å². The molecule has 4 amide bonds. The molecule has 30 heavy (non-hydrogen) atoms. The molecule has 0 aromatic heterocycles. The lowest BCUT2D eigenvalue weighted by molar-refractivity contribution is -0.136. The Kier molecular flexibility index (Phi) is 4.95. The van der Waals surface area contributed by atoms with E-state index in [-0.39, 0.29) is 34.6 Å². The second kappa shape index (κ2) is 7.33. The van der Waals surface area contributed by atoms with Gasteiger partial charge in [0, 0.05) is 11.4 Å². The lowest BCUT2D eigenvalue weighted by Gasteiger charge is -2.27. The largest absolute Gasteiger partial charge is 0.295 e. The SMILES string of the molecule is O=C1CCC(N2C(=O)c3ccc(CS(=O)(=O)c4ccc(Cl)cc4)cc3C2=O)C(=O)N1. The average Bonchev–Trinajstić information content (AvgIpc) is 2.92. The van der Waals surface area contributed by atoms with Crippen molar-refractivity contribution in [2.45, 2.75) is 29.5 Å². The van der Waals surface area contributed by atoms with Crippen LogP contribution in [0.4, 0.5) is 0 Å². The van der Waals surface area contributed by atoms with E-state index in [1.54, 1.807) is 0 Å². The highest BCUT2D eigenvalue weighted by atomic mass is 35.5. The Labute approximate surface area is 176 Å². The molecule has 0 saturated carbocycles. The number of fused-ring (bicyclic) bond motifs is 1. The number of benzene rings is 2. The van der Waals surface area contributed by atoms with Gasteiger partial charge >= 0.3 is 0 Å². The van der Waals surface area contributed by atoms with Crippen molar-refractivity contribution >= 4 is 45.1 Å². The molecule has 4 rings (SSSR count). The number of amides is 4. The zero-order valence-electron chi connectivity index (χ0n) is 15.4. The van der Waals surface area contributed by atoms with E-state index in [2.05, 4.69) is 5.32 Å². The smallest absolute Gasteiger partial charge is 0.262 e. The van der Waals surface area contributed by atoms with Crippen molar-refractivity contribution < 1.29 is 27.6 Å². The third-order valence-corrected chi connectivity index (χ3v) is 6.99. The quantitative estimate of drug-likeness (QED) is 0.714. The minimum atomic E-state index is -3.70. The van der Waals surface area contributed by atoms with Gasteiger partial charge in [0.25, 0.3) is 11.8 Å². The summed E-state index contributed by atoms with van der Waals surface area (Å²) in [5.74, 6) is -2.86. The molecule has 0 bridgehead atoms. The second-order valence-electron chi connectivity index (χ2n) is 7.04. The van der Waals surface area contributed by atoms with Crippen molar-refractivity contribution in [1.82, 2.24) is 10.2 Å². The molecule has 1 saturated heterocycles. The summed E-state index contributed by atoms with van der Waals surface area (Å²) < 4.78 is 25.3. The number of rotatable bonds is 4. The number of hydrogen-bond acceptors (Lipinski definition) is 6. The number of imide groups is 2. The van der Waals surface area contributed by atoms with Crippen molar-refractivity contribution in [3.8, 4) is 0 Å². The van der Waals surface area contributed by atoms with Gasteiger partial charge in [0.05, 0.1) is 21.8 Å². The highest BCUT2D eigenvalue weighted by molar-refractivity contribution is 7.90. The Bertz CT molecular complexity index is 1210. The third-order valence-electron chi connectivity index (χ3n) is 5.03. The molecule has 0 aliphatic carbocycles. The van der Waals surface area contributed by atoms with Crippen LogP contribution in [0.5, 0.6) is 0 Å². The number of piperidine rings is 1. The van der Waals surface area contributed by atoms with Crippen LogP contribution >= 0.6 is 11.6 Å². The number of nitrogens with zero attached hydrogens (tertiary/aromatic N) is 1. The van der Waals surface area contributed by atoms with E-state index in [1.807, 2.05) is 0 Å². The highest BCUT2D eigenvalue weighted by Gasteiger charge is 2.44. The van der Waals surface area contributed by atoms with Crippen LogP contribution in [0.3, 0.4) is 0 Å². The molecular formula is C20H15ClN2O6S. The molecule has 8 nitrogen and oxygen atoms in total. The first-order chi connectivity index (χ1) is 14.2. The molecule has 2 aliphatic rings. The molecular weight excluding hydrogens is 432 g/mol. The Hall–Kier alpha value is -3.04. The molecule has 0 spiro atoms. The molecule has 10 heteroatoms. The Morgan fingerprint density at radius 2 is 1.63 bits per heavy atom. The molecule has 2 aromatic rings. The van der Waals surface area contributed by atoms with Gasteiger partial charge in [-0.3, -0.25) is 29.4 Å². The van der Waals surface area contributed by atoms with Gasteiger partial charge in [-0.05, 0) is 48.4 Å². The first-order valence-electron chi connectivity index (χ1n) is 9.00. The number of carbonyl (C=O) groups is 4. The molecule has 2 aliphatic heterocycles. The van der Waals surface area contributed by atoms with Gasteiger partial charge in [-0.1, -0.05) is 17.7 Å². The van der Waals surface area contributed by atoms with Crippen molar-refractivity contribution in [2.24, 2.45) is 0 Å². The van der Waals surface area contributed by atoms with Gasteiger partial charge in [0.15, 0.2) is 9.84 Å². The number of nitrogens with one attached hydrogen (secondary N) is 1. The molecule has 154 valence electrons. The number of carbonyl (C=O) groups excluding carboxylic acids is 4. The van der Waals surface area contributed by atoms with Gasteiger partial charge in [0.2, 0.25) is 11.8 Å². The van der Waals surface area contributed by atoms with Crippen LogP contribution in [-0.4, -0.2) is 43.0 Å². The minimum Gasteiger partial charge on any atom is -0.295 e. The van der Waals surface area contributed by atoms with E-state index >= 15 is 0 Å².